The van der Waals surface area contributed by atoms with E-state index in [1.54, 1.807) is 17.0 Å². The van der Waals surface area contributed by atoms with Crippen molar-refractivity contribution in [2.75, 3.05) is 5.75 Å². The van der Waals surface area contributed by atoms with Gasteiger partial charge >= 0.3 is 0 Å². The highest BCUT2D eigenvalue weighted by atomic mass is 32.2. The van der Waals surface area contributed by atoms with Crippen molar-refractivity contribution < 1.29 is 9.18 Å². The predicted molar refractivity (Wildman–Crippen MR) is 83.3 cm³/mol. The van der Waals surface area contributed by atoms with Gasteiger partial charge in [0.05, 0.1) is 5.75 Å². The van der Waals surface area contributed by atoms with Crippen LogP contribution in [0, 0.1) is 12.7 Å². The predicted octanol–water partition coefficient (Wildman–Crippen LogP) is 3.91. The van der Waals surface area contributed by atoms with Crippen LogP contribution in [0.15, 0.2) is 48.5 Å². The van der Waals surface area contributed by atoms with Gasteiger partial charge in [0.25, 0.3) is 0 Å². The third-order valence-corrected chi connectivity index (χ3v) is 4.85. The van der Waals surface area contributed by atoms with Crippen LogP contribution >= 0.6 is 11.8 Å². The molecule has 0 aromatic heterocycles. The fourth-order valence-electron chi connectivity index (χ4n) is 2.45. The van der Waals surface area contributed by atoms with Gasteiger partial charge in [-0.25, -0.2) is 4.39 Å². The third-order valence-electron chi connectivity index (χ3n) is 3.61. The highest BCUT2D eigenvalue weighted by molar-refractivity contribution is 8.00. The number of hydrogen-bond acceptors (Lipinski definition) is 2. The van der Waals surface area contributed by atoms with E-state index in [1.807, 2.05) is 37.3 Å². The maximum absolute atomic E-state index is 14.0. The van der Waals surface area contributed by atoms with Crippen LogP contribution in [0.5, 0.6) is 0 Å². The molecule has 1 aliphatic heterocycles. The summed E-state index contributed by atoms with van der Waals surface area (Å²) >= 11 is 1.48. The second kappa shape index (κ2) is 5.90. The number of aryl methyl sites for hydroxylation is 1. The van der Waals surface area contributed by atoms with Crippen LogP contribution in [0.3, 0.4) is 0 Å². The van der Waals surface area contributed by atoms with Gasteiger partial charge in [-0.3, -0.25) is 4.79 Å². The Hall–Kier alpha value is -1.81. The monoisotopic (exact) mass is 301 g/mol. The van der Waals surface area contributed by atoms with Gasteiger partial charge in [0.2, 0.25) is 5.91 Å². The number of hydrogen-bond donors (Lipinski definition) is 0. The number of nitrogens with zero attached hydrogens (tertiary/aromatic N) is 1. The first-order valence-electron chi connectivity index (χ1n) is 6.86. The van der Waals surface area contributed by atoms with Crippen molar-refractivity contribution in [3.05, 3.63) is 71.0 Å². The molecule has 0 aliphatic carbocycles. The zero-order chi connectivity index (χ0) is 14.8. The van der Waals surface area contributed by atoms with Crippen LogP contribution in [0.2, 0.25) is 0 Å². The summed E-state index contributed by atoms with van der Waals surface area (Å²) in [6, 6.07) is 14.8. The molecule has 2 aromatic rings. The number of rotatable bonds is 3. The third kappa shape index (κ3) is 2.95. The summed E-state index contributed by atoms with van der Waals surface area (Å²) in [7, 11) is 0. The van der Waals surface area contributed by atoms with Gasteiger partial charge in [-0.1, -0.05) is 48.0 Å². The van der Waals surface area contributed by atoms with Gasteiger partial charge in [-0.15, -0.1) is 11.8 Å². The fourth-order valence-corrected chi connectivity index (χ4v) is 3.66. The number of halogens is 1. The summed E-state index contributed by atoms with van der Waals surface area (Å²) in [5.74, 6) is 0.220. The molecule has 0 bridgehead atoms. The number of benzene rings is 2. The maximum Gasteiger partial charge on any atom is 0.234 e. The van der Waals surface area contributed by atoms with E-state index in [0.29, 0.717) is 17.9 Å². The molecule has 21 heavy (non-hydrogen) atoms. The fraction of sp³-hybridized carbons (Fsp3) is 0.235. The van der Waals surface area contributed by atoms with Gasteiger partial charge < -0.3 is 4.90 Å². The van der Waals surface area contributed by atoms with Crippen LogP contribution in [-0.4, -0.2) is 16.6 Å². The van der Waals surface area contributed by atoms with Crippen LogP contribution in [-0.2, 0) is 11.3 Å². The molecule has 1 fully saturated rings. The molecule has 1 aliphatic rings. The zero-order valence-corrected chi connectivity index (χ0v) is 12.6. The van der Waals surface area contributed by atoms with Crippen molar-refractivity contribution in [1.82, 2.24) is 4.90 Å². The molecular formula is C17H16FNOS. The topological polar surface area (TPSA) is 20.3 Å². The SMILES string of the molecule is Cc1ccc(CN2C(=O)CS[C@H]2c2ccccc2F)cc1. The summed E-state index contributed by atoms with van der Waals surface area (Å²) in [5, 5.41) is -0.236. The molecule has 2 nitrogen and oxygen atoms in total. The lowest BCUT2D eigenvalue weighted by molar-refractivity contribution is -0.128. The molecule has 0 spiro atoms. The van der Waals surface area contributed by atoms with E-state index in [1.165, 1.54) is 23.4 Å². The van der Waals surface area contributed by atoms with E-state index in [-0.39, 0.29) is 17.1 Å². The Kier molecular flexibility index (Phi) is 3.97. The Bertz CT molecular complexity index is 656. The Morgan fingerprint density at radius 1 is 1.19 bits per heavy atom. The summed E-state index contributed by atoms with van der Waals surface area (Å²) in [6.45, 7) is 2.55. The van der Waals surface area contributed by atoms with Gasteiger partial charge in [-0.2, -0.15) is 0 Å². The van der Waals surface area contributed by atoms with Crippen LogP contribution < -0.4 is 0 Å². The first-order valence-corrected chi connectivity index (χ1v) is 7.91. The molecule has 0 unspecified atom stereocenters. The number of carbonyl (C=O) groups is 1. The van der Waals surface area contributed by atoms with Crippen LogP contribution in [0.1, 0.15) is 22.1 Å². The summed E-state index contributed by atoms with van der Waals surface area (Å²) in [4.78, 5) is 13.9. The lowest BCUT2D eigenvalue weighted by Gasteiger charge is -2.24. The van der Waals surface area contributed by atoms with Crippen molar-refractivity contribution in [1.29, 1.82) is 0 Å². The molecule has 108 valence electrons. The average Bonchev–Trinajstić information content (AvgIpc) is 2.83. The molecule has 1 saturated heterocycles. The number of carbonyl (C=O) groups excluding carboxylic acids is 1. The Morgan fingerprint density at radius 3 is 2.62 bits per heavy atom. The quantitative estimate of drug-likeness (QED) is 0.856. The van der Waals surface area contributed by atoms with E-state index in [0.717, 1.165) is 5.56 Å². The van der Waals surface area contributed by atoms with Crippen molar-refractivity contribution >= 4 is 17.7 Å². The van der Waals surface area contributed by atoms with Crippen molar-refractivity contribution in [2.24, 2.45) is 0 Å². The molecule has 1 amide bonds. The van der Waals surface area contributed by atoms with E-state index in [9.17, 15) is 9.18 Å². The highest BCUT2D eigenvalue weighted by Gasteiger charge is 2.34. The Morgan fingerprint density at radius 2 is 1.90 bits per heavy atom. The summed E-state index contributed by atoms with van der Waals surface area (Å²) in [5.41, 5.74) is 2.84. The molecular weight excluding hydrogens is 285 g/mol. The minimum Gasteiger partial charge on any atom is -0.321 e. The second-order valence-electron chi connectivity index (χ2n) is 5.19. The molecule has 3 rings (SSSR count). The molecule has 2 aromatic carbocycles. The maximum atomic E-state index is 14.0. The summed E-state index contributed by atoms with van der Waals surface area (Å²) < 4.78 is 14.0. The molecule has 0 N–H and O–H groups in total. The number of amides is 1. The highest BCUT2D eigenvalue weighted by Crippen LogP contribution is 2.40. The molecule has 4 heteroatoms. The second-order valence-corrected chi connectivity index (χ2v) is 6.26. The van der Waals surface area contributed by atoms with E-state index in [2.05, 4.69) is 0 Å². The first kappa shape index (κ1) is 14.1. The minimum absolute atomic E-state index is 0.0637. The van der Waals surface area contributed by atoms with E-state index >= 15 is 0 Å². The normalized spacial score (nSPS) is 18.3. The van der Waals surface area contributed by atoms with E-state index in [4.69, 9.17) is 0 Å². The molecule has 0 saturated carbocycles. The van der Waals surface area contributed by atoms with Gasteiger partial charge in [0, 0.05) is 12.1 Å². The van der Waals surface area contributed by atoms with Gasteiger partial charge in [0.1, 0.15) is 11.2 Å². The lowest BCUT2D eigenvalue weighted by Crippen LogP contribution is -2.28. The van der Waals surface area contributed by atoms with Crippen molar-refractivity contribution in [3.63, 3.8) is 0 Å². The van der Waals surface area contributed by atoms with Crippen LogP contribution in [0.4, 0.5) is 4.39 Å². The average molecular weight is 301 g/mol. The smallest absolute Gasteiger partial charge is 0.234 e. The molecule has 1 atom stereocenters. The molecule has 1 heterocycles. The Labute approximate surface area is 128 Å². The van der Waals surface area contributed by atoms with Crippen molar-refractivity contribution in [2.45, 2.75) is 18.8 Å². The number of thioether (sulfide) groups is 1. The largest absolute Gasteiger partial charge is 0.321 e. The lowest BCUT2D eigenvalue weighted by atomic mass is 10.1. The first-order chi connectivity index (χ1) is 10.1. The van der Waals surface area contributed by atoms with Crippen LogP contribution in [0.25, 0.3) is 0 Å². The molecule has 0 radical (unpaired) electrons. The minimum atomic E-state index is -0.251. The van der Waals surface area contributed by atoms with E-state index < -0.39 is 0 Å². The summed E-state index contributed by atoms with van der Waals surface area (Å²) in [6.07, 6.45) is 0. The van der Waals surface area contributed by atoms with Gasteiger partial charge in [-0.05, 0) is 18.6 Å². The standard InChI is InChI=1S/C17H16FNOS/c1-12-6-8-13(9-7-12)10-19-16(20)11-21-17(19)14-4-2-3-5-15(14)18/h2-9,17H,10-11H2,1H3/t17-/m0/s1. The van der Waals surface area contributed by atoms with Gasteiger partial charge in [0.15, 0.2) is 0 Å². The Balaban J connectivity index is 1.86. The van der Waals surface area contributed by atoms with Crippen molar-refractivity contribution in [3.8, 4) is 0 Å². The zero-order valence-electron chi connectivity index (χ0n) is 11.8.